The summed E-state index contributed by atoms with van der Waals surface area (Å²) in [6.45, 7) is 3.71. The van der Waals surface area contributed by atoms with Crippen LogP contribution in [0.2, 0.25) is 5.02 Å². The molecule has 1 fully saturated rings. The first-order valence-corrected chi connectivity index (χ1v) is 10.1. The number of carbonyl (C=O) groups excluding carboxylic acids is 2. The summed E-state index contributed by atoms with van der Waals surface area (Å²) in [5.74, 6) is -0.207. The average Bonchev–Trinajstić information content (AvgIpc) is 3.02. The summed E-state index contributed by atoms with van der Waals surface area (Å²) in [6, 6.07) is 14.9. The van der Waals surface area contributed by atoms with Crippen molar-refractivity contribution >= 4 is 34.8 Å². The number of nitrogens with zero attached hydrogens (tertiary/aromatic N) is 2. The minimum Gasteiger partial charge on any atom is -0.326 e. The van der Waals surface area contributed by atoms with Gasteiger partial charge in [0, 0.05) is 42.2 Å². The lowest BCUT2D eigenvalue weighted by Gasteiger charge is -2.36. The number of likely N-dealkylation sites (tertiary alicyclic amines) is 1. The molecule has 1 saturated heterocycles. The van der Waals surface area contributed by atoms with Gasteiger partial charge in [-0.05, 0) is 31.2 Å². The Morgan fingerprint density at radius 2 is 1.93 bits per heavy atom. The molecule has 6 nitrogen and oxygen atoms in total. The van der Waals surface area contributed by atoms with Crippen LogP contribution in [0.15, 0.2) is 53.5 Å². The zero-order valence-corrected chi connectivity index (χ0v) is 17.0. The molecule has 0 aliphatic carbocycles. The van der Waals surface area contributed by atoms with Crippen molar-refractivity contribution in [2.75, 3.05) is 25.0 Å². The Hall–Kier alpha value is -2.70. The van der Waals surface area contributed by atoms with E-state index in [1.165, 1.54) is 0 Å². The zero-order chi connectivity index (χ0) is 20.4. The minimum absolute atomic E-state index is 0.0385. The SMILES string of the molecule is Cc1ccc(NC(=O)CN2CCC3(CC2)N=C(c2cccc(Cl)c2)C(=O)N3)cc1. The molecule has 0 saturated carbocycles. The molecule has 150 valence electrons. The molecule has 2 aliphatic rings. The van der Waals surface area contributed by atoms with Crippen molar-refractivity contribution in [1.29, 1.82) is 0 Å². The first-order chi connectivity index (χ1) is 13.9. The molecule has 0 atom stereocenters. The van der Waals surface area contributed by atoms with Crippen LogP contribution in [0.1, 0.15) is 24.0 Å². The Morgan fingerprint density at radius 1 is 1.21 bits per heavy atom. The van der Waals surface area contributed by atoms with Gasteiger partial charge in [0.25, 0.3) is 5.91 Å². The molecule has 29 heavy (non-hydrogen) atoms. The molecule has 0 unspecified atom stereocenters. The van der Waals surface area contributed by atoms with Crippen LogP contribution in [0.5, 0.6) is 0 Å². The minimum atomic E-state index is -0.585. The fourth-order valence-corrected chi connectivity index (χ4v) is 3.94. The number of amides is 2. The molecule has 0 radical (unpaired) electrons. The summed E-state index contributed by atoms with van der Waals surface area (Å²) in [5.41, 5.74) is 2.52. The lowest BCUT2D eigenvalue weighted by molar-refractivity contribution is -0.119. The highest BCUT2D eigenvalue weighted by Gasteiger charge is 2.42. The number of carbonyl (C=O) groups is 2. The van der Waals surface area contributed by atoms with E-state index < -0.39 is 5.66 Å². The lowest BCUT2D eigenvalue weighted by Crippen LogP contribution is -2.52. The van der Waals surface area contributed by atoms with Gasteiger partial charge in [0.2, 0.25) is 5.91 Å². The molecule has 0 bridgehead atoms. The Bertz CT molecular complexity index is 963. The Labute approximate surface area is 175 Å². The maximum absolute atomic E-state index is 12.5. The lowest BCUT2D eigenvalue weighted by atomic mass is 9.98. The van der Waals surface area contributed by atoms with Crippen molar-refractivity contribution < 1.29 is 9.59 Å². The summed E-state index contributed by atoms with van der Waals surface area (Å²) >= 11 is 6.05. The Morgan fingerprint density at radius 3 is 2.62 bits per heavy atom. The van der Waals surface area contributed by atoms with Gasteiger partial charge in [-0.15, -0.1) is 0 Å². The molecule has 0 aromatic heterocycles. The number of hydrogen-bond acceptors (Lipinski definition) is 4. The van der Waals surface area contributed by atoms with Crippen LogP contribution in [-0.2, 0) is 9.59 Å². The fourth-order valence-electron chi connectivity index (χ4n) is 3.75. The number of hydrogen-bond donors (Lipinski definition) is 2. The predicted octanol–water partition coefficient (Wildman–Crippen LogP) is 3.00. The van der Waals surface area contributed by atoms with Gasteiger partial charge in [0.1, 0.15) is 11.4 Å². The van der Waals surface area contributed by atoms with E-state index in [0.29, 0.717) is 43.2 Å². The maximum atomic E-state index is 12.5. The number of nitrogens with one attached hydrogen (secondary N) is 2. The molecule has 2 aromatic carbocycles. The molecule has 4 rings (SSSR count). The summed E-state index contributed by atoms with van der Waals surface area (Å²) in [7, 11) is 0. The van der Waals surface area contributed by atoms with Gasteiger partial charge < -0.3 is 10.6 Å². The summed E-state index contributed by atoms with van der Waals surface area (Å²) in [4.78, 5) is 31.6. The third-order valence-electron chi connectivity index (χ3n) is 5.37. The molecule has 2 aromatic rings. The molecule has 2 amide bonds. The van der Waals surface area contributed by atoms with E-state index in [2.05, 4.69) is 15.5 Å². The van der Waals surface area contributed by atoms with Crippen molar-refractivity contribution in [1.82, 2.24) is 10.2 Å². The Balaban J connectivity index is 1.36. The van der Waals surface area contributed by atoms with Crippen LogP contribution in [-0.4, -0.2) is 47.7 Å². The van der Waals surface area contributed by atoms with Crippen molar-refractivity contribution in [2.24, 2.45) is 4.99 Å². The van der Waals surface area contributed by atoms with Crippen LogP contribution in [0, 0.1) is 6.92 Å². The van der Waals surface area contributed by atoms with E-state index in [1.807, 2.05) is 43.3 Å². The first kappa shape index (κ1) is 19.6. The second kappa shape index (κ2) is 7.97. The van der Waals surface area contributed by atoms with Crippen LogP contribution < -0.4 is 10.6 Å². The quantitative estimate of drug-likeness (QED) is 0.813. The number of halogens is 1. The number of aryl methyl sites for hydroxylation is 1. The third-order valence-corrected chi connectivity index (χ3v) is 5.61. The van der Waals surface area contributed by atoms with E-state index in [9.17, 15) is 9.59 Å². The van der Waals surface area contributed by atoms with Gasteiger partial charge in [-0.3, -0.25) is 19.5 Å². The zero-order valence-electron chi connectivity index (χ0n) is 16.2. The second-order valence-electron chi connectivity index (χ2n) is 7.65. The normalized spacial score (nSPS) is 18.4. The Kier molecular flexibility index (Phi) is 5.39. The first-order valence-electron chi connectivity index (χ1n) is 9.70. The number of piperidine rings is 1. The van der Waals surface area contributed by atoms with E-state index >= 15 is 0 Å². The topological polar surface area (TPSA) is 73.8 Å². The summed E-state index contributed by atoms with van der Waals surface area (Å²) < 4.78 is 0. The van der Waals surface area contributed by atoms with Gasteiger partial charge >= 0.3 is 0 Å². The molecular weight excluding hydrogens is 388 g/mol. The number of benzene rings is 2. The van der Waals surface area contributed by atoms with Gasteiger partial charge in [0.15, 0.2) is 0 Å². The maximum Gasteiger partial charge on any atom is 0.272 e. The standard InChI is InChI=1S/C22H23ClN4O2/c1-15-5-7-18(8-6-15)24-19(28)14-27-11-9-22(10-12-27)25-20(21(29)26-22)16-3-2-4-17(23)13-16/h2-8,13H,9-12,14H2,1H3,(H,24,28)(H,26,29). The predicted molar refractivity (Wildman–Crippen MR) is 114 cm³/mol. The van der Waals surface area contributed by atoms with Crippen LogP contribution in [0.4, 0.5) is 5.69 Å². The highest BCUT2D eigenvalue weighted by molar-refractivity contribution is 6.47. The van der Waals surface area contributed by atoms with Crippen molar-refractivity contribution in [3.05, 3.63) is 64.7 Å². The number of anilines is 1. The van der Waals surface area contributed by atoms with E-state index in [0.717, 1.165) is 16.8 Å². The highest BCUT2D eigenvalue weighted by Crippen LogP contribution is 2.29. The third kappa shape index (κ3) is 4.49. The van der Waals surface area contributed by atoms with Crippen LogP contribution in [0.25, 0.3) is 0 Å². The van der Waals surface area contributed by atoms with Crippen molar-refractivity contribution in [3.8, 4) is 0 Å². The molecular formula is C22H23ClN4O2. The number of rotatable bonds is 4. The molecule has 2 N–H and O–H groups in total. The van der Waals surface area contributed by atoms with Gasteiger partial charge in [-0.1, -0.05) is 41.4 Å². The van der Waals surface area contributed by atoms with Gasteiger partial charge in [-0.2, -0.15) is 0 Å². The molecule has 7 heteroatoms. The van der Waals surface area contributed by atoms with Gasteiger partial charge in [0.05, 0.1) is 6.54 Å². The molecule has 1 spiro atoms. The van der Waals surface area contributed by atoms with Crippen molar-refractivity contribution in [2.45, 2.75) is 25.4 Å². The van der Waals surface area contributed by atoms with Gasteiger partial charge in [-0.25, -0.2) is 0 Å². The number of aliphatic imine (C=N–C) groups is 1. The van der Waals surface area contributed by atoms with E-state index in [-0.39, 0.29) is 11.8 Å². The molecule has 2 heterocycles. The largest absolute Gasteiger partial charge is 0.326 e. The van der Waals surface area contributed by atoms with Crippen LogP contribution >= 0.6 is 11.6 Å². The monoisotopic (exact) mass is 410 g/mol. The van der Waals surface area contributed by atoms with E-state index in [1.54, 1.807) is 12.1 Å². The second-order valence-corrected chi connectivity index (χ2v) is 8.08. The summed E-state index contributed by atoms with van der Waals surface area (Å²) in [6.07, 6.45) is 1.33. The highest BCUT2D eigenvalue weighted by atomic mass is 35.5. The average molecular weight is 411 g/mol. The van der Waals surface area contributed by atoms with Crippen molar-refractivity contribution in [3.63, 3.8) is 0 Å². The summed E-state index contributed by atoms with van der Waals surface area (Å²) in [5, 5.41) is 6.55. The fraction of sp³-hybridized carbons (Fsp3) is 0.318. The smallest absolute Gasteiger partial charge is 0.272 e. The molecule has 2 aliphatic heterocycles. The van der Waals surface area contributed by atoms with Crippen LogP contribution in [0.3, 0.4) is 0 Å². The van der Waals surface area contributed by atoms with E-state index in [4.69, 9.17) is 16.6 Å².